The summed E-state index contributed by atoms with van der Waals surface area (Å²) in [5.41, 5.74) is 0. The minimum absolute atomic E-state index is 0.0486. The molecule has 10 heteroatoms. The topological polar surface area (TPSA) is 125 Å². The van der Waals surface area contributed by atoms with E-state index in [9.17, 15) is 13.8 Å². The largest absolute Gasteiger partial charge is 0.508 e. The number of rotatable bonds is 6. The molecule has 28 heavy (non-hydrogen) atoms. The van der Waals surface area contributed by atoms with E-state index in [1.165, 1.54) is 0 Å². The molecule has 0 aromatic carbocycles. The quantitative estimate of drug-likeness (QED) is 0.501. The van der Waals surface area contributed by atoms with Gasteiger partial charge in [-0.2, -0.15) is 0 Å². The average Bonchev–Trinajstić information content (AvgIpc) is 2.89. The predicted molar refractivity (Wildman–Crippen MR) is 105 cm³/mol. The SMILES string of the molecule is CC1COC(=O)O1.CCCCS(=O)CCCC.O=C1OCCCCO1.O=CO. The molecule has 0 amide bonds. The molecular weight excluding hydrogens is 392 g/mol. The van der Waals surface area contributed by atoms with Gasteiger partial charge in [0.15, 0.2) is 0 Å². The highest BCUT2D eigenvalue weighted by Gasteiger charge is 2.19. The molecule has 0 bridgehead atoms. The van der Waals surface area contributed by atoms with Crippen LogP contribution < -0.4 is 0 Å². The minimum Gasteiger partial charge on any atom is -0.483 e. The highest BCUT2D eigenvalue weighted by atomic mass is 32.2. The summed E-state index contributed by atoms with van der Waals surface area (Å²) in [5, 5.41) is 6.89. The van der Waals surface area contributed by atoms with Crippen molar-refractivity contribution in [1.82, 2.24) is 0 Å². The molecule has 0 saturated carbocycles. The van der Waals surface area contributed by atoms with Gasteiger partial charge in [-0.3, -0.25) is 9.00 Å². The molecular formula is C18H34O9S. The maximum atomic E-state index is 11.1. The summed E-state index contributed by atoms with van der Waals surface area (Å²) in [6, 6.07) is 0. The van der Waals surface area contributed by atoms with Crippen molar-refractivity contribution >= 4 is 29.6 Å². The van der Waals surface area contributed by atoms with Crippen molar-refractivity contribution in [1.29, 1.82) is 0 Å². The number of cyclic esters (lactones) is 4. The van der Waals surface area contributed by atoms with Crippen molar-refractivity contribution in [3.63, 3.8) is 0 Å². The van der Waals surface area contributed by atoms with Gasteiger partial charge in [0, 0.05) is 22.3 Å². The van der Waals surface area contributed by atoms with Gasteiger partial charge in [-0.15, -0.1) is 0 Å². The second-order valence-corrected chi connectivity index (χ2v) is 7.50. The monoisotopic (exact) mass is 426 g/mol. The van der Waals surface area contributed by atoms with Gasteiger partial charge in [0.25, 0.3) is 6.47 Å². The zero-order valence-electron chi connectivity index (χ0n) is 17.1. The van der Waals surface area contributed by atoms with Crippen LogP contribution in [0.2, 0.25) is 0 Å². The standard InChI is InChI=1S/C8H18OS.C5H8O3.C4H6O3.CH2O2/c1-3-5-7-10(9)8-6-4-2;6-5-7-3-1-2-4-8-5;1-3-2-6-4(5)7-3;2-1-3/h3-8H2,1-2H3;1-4H2;3H,2H2,1H3;1H,(H,2,3). The normalized spacial score (nSPS) is 17.5. The number of carbonyl (C=O) groups excluding carboxylic acids is 2. The molecule has 0 aromatic rings. The van der Waals surface area contributed by atoms with Crippen LogP contribution in [0.15, 0.2) is 0 Å². The maximum absolute atomic E-state index is 11.1. The summed E-state index contributed by atoms with van der Waals surface area (Å²) in [6.07, 6.45) is 5.29. The van der Waals surface area contributed by atoms with Crippen LogP contribution in [0, 0.1) is 0 Å². The van der Waals surface area contributed by atoms with Crippen LogP contribution in [-0.2, 0) is 34.5 Å². The van der Waals surface area contributed by atoms with Gasteiger partial charge < -0.3 is 24.1 Å². The van der Waals surface area contributed by atoms with E-state index in [2.05, 4.69) is 32.8 Å². The van der Waals surface area contributed by atoms with Crippen LogP contribution >= 0.6 is 0 Å². The molecule has 1 atom stereocenters. The first kappa shape index (κ1) is 28.4. The number of carboxylic acid groups (broad SMARTS) is 1. The molecule has 2 heterocycles. The number of hydrogen-bond donors (Lipinski definition) is 1. The molecule has 1 N–H and O–H groups in total. The number of carbonyl (C=O) groups is 3. The van der Waals surface area contributed by atoms with Crippen LogP contribution in [0.1, 0.15) is 59.3 Å². The average molecular weight is 427 g/mol. The summed E-state index contributed by atoms with van der Waals surface area (Å²) >= 11 is 0. The molecule has 0 aliphatic carbocycles. The zero-order valence-corrected chi connectivity index (χ0v) is 17.9. The number of hydrogen-bond acceptors (Lipinski definition) is 8. The Kier molecular flexibility index (Phi) is 21.7. The van der Waals surface area contributed by atoms with Crippen molar-refractivity contribution < 1.29 is 42.6 Å². The molecule has 2 saturated heterocycles. The van der Waals surface area contributed by atoms with Crippen molar-refractivity contribution in [2.45, 2.75) is 65.4 Å². The Bertz CT molecular complexity index is 409. The minimum atomic E-state index is -0.549. The van der Waals surface area contributed by atoms with Crippen LogP contribution in [0.25, 0.3) is 0 Å². The third-order valence-electron chi connectivity index (χ3n) is 3.16. The van der Waals surface area contributed by atoms with E-state index >= 15 is 0 Å². The first-order valence-electron chi connectivity index (χ1n) is 9.46. The third-order valence-corrected chi connectivity index (χ3v) is 4.65. The lowest BCUT2D eigenvalue weighted by Crippen LogP contribution is -2.02. The fourth-order valence-electron chi connectivity index (χ4n) is 1.69. The summed E-state index contributed by atoms with van der Waals surface area (Å²) in [4.78, 5) is 28.6. The van der Waals surface area contributed by atoms with E-state index < -0.39 is 23.1 Å². The zero-order chi connectivity index (χ0) is 21.6. The molecule has 2 fully saturated rings. The highest BCUT2D eigenvalue weighted by Crippen LogP contribution is 2.03. The first-order chi connectivity index (χ1) is 13.4. The van der Waals surface area contributed by atoms with E-state index in [1.807, 2.05) is 0 Å². The van der Waals surface area contributed by atoms with Gasteiger partial charge in [0.1, 0.15) is 12.7 Å². The molecule has 0 radical (unpaired) electrons. The predicted octanol–water partition coefficient (Wildman–Crippen LogP) is 3.51. The van der Waals surface area contributed by atoms with Crippen molar-refractivity contribution in [2.75, 3.05) is 31.3 Å². The third kappa shape index (κ3) is 22.2. The summed E-state index contributed by atoms with van der Waals surface area (Å²) in [7, 11) is -0.520. The van der Waals surface area contributed by atoms with Gasteiger partial charge >= 0.3 is 12.3 Å². The van der Waals surface area contributed by atoms with Crippen LogP contribution in [0.4, 0.5) is 9.59 Å². The molecule has 166 valence electrons. The summed E-state index contributed by atoms with van der Waals surface area (Å²) < 4.78 is 29.1. The highest BCUT2D eigenvalue weighted by molar-refractivity contribution is 7.84. The molecule has 0 spiro atoms. The fourth-order valence-corrected chi connectivity index (χ4v) is 3.11. The van der Waals surface area contributed by atoms with E-state index in [4.69, 9.17) is 9.90 Å². The van der Waals surface area contributed by atoms with Crippen LogP contribution in [0.5, 0.6) is 0 Å². The Balaban J connectivity index is 0. The molecule has 0 aromatic heterocycles. The summed E-state index contributed by atoms with van der Waals surface area (Å²) in [6.45, 7) is 7.23. The Morgan fingerprint density at radius 2 is 1.46 bits per heavy atom. The lowest BCUT2D eigenvalue weighted by Gasteiger charge is -1.97. The molecule has 2 aliphatic rings. The Morgan fingerprint density at radius 1 is 1.00 bits per heavy atom. The molecule has 2 rings (SSSR count). The Hall–Kier alpha value is -1.84. The van der Waals surface area contributed by atoms with E-state index in [0.29, 0.717) is 19.8 Å². The molecule has 1 unspecified atom stereocenters. The molecule has 2 aliphatic heterocycles. The lowest BCUT2D eigenvalue weighted by molar-refractivity contribution is -0.122. The second-order valence-electron chi connectivity index (χ2n) is 5.80. The van der Waals surface area contributed by atoms with Gasteiger partial charge in [-0.05, 0) is 32.6 Å². The Morgan fingerprint density at radius 3 is 1.75 bits per heavy atom. The first-order valence-corrected chi connectivity index (χ1v) is 11.0. The summed E-state index contributed by atoms with van der Waals surface area (Å²) in [5.74, 6) is 1.83. The Labute approximate surface area is 169 Å². The van der Waals surface area contributed by atoms with Gasteiger partial charge in [-0.1, -0.05) is 26.7 Å². The smallest absolute Gasteiger partial charge is 0.483 e. The lowest BCUT2D eigenvalue weighted by atomic mass is 10.3. The van der Waals surface area contributed by atoms with Crippen LogP contribution in [0.3, 0.4) is 0 Å². The van der Waals surface area contributed by atoms with E-state index in [1.54, 1.807) is 6.92 Å². The second kappa shape index (κ2) is 21.5. The number of ether oxygens (including phenoxy) is 4. The maximum Gasteiger partial charge on any atom is 0.508 e. The molecule has 9 nitrogen and oxygen atoms in total. The van der Waals surface area contributed by atoms with Gasteiger partial charge in [-0.25, -0.2) is 9.59 Å². The fraction of sp³-hybridized carbons (Fsp3) is 0.833. The van der Waals surface area contributed by atoms with E-state index in [-0.39, 0.29) is 12.6 Å². The van der Waals surface area contributed by atoms with Gasteiger partial charge in [0.2, 0.25) is 0 Å². The van der Waals surface area contributed by atoms with E-state index in [0.717, 1.165) is 50.0 Å². The van der Waals surface area contributed by atoms with Gasteiger partial charge in [0.05, 0.1) is 13.2 Å². The number of unbranched alkanes of at least 4 members (excludes halogenated alkanes) is 2. The van der Waals surface area contributed by atoms with Crippen molar-refractivity contribution in [3.8, 4) is 0 Å². The van der Waals surface area contributed by atoms with Crippen molar-refractivity contribution in [2.24, 2.45) is 0 Å². The van der Waals surface area contributed by atoms with Crippen molar-refractivity contribution in [3.05, 3.63) is 0 Å². The van der Waals surface area contributed by atoms with Crippen LogP contribution in [-0.4, -0.2) is 65.5 Å².